The number of hydrogen-bond acceptors (Lipinski definition) is 2. The van der Waals surface area contributed by atoms with Crippen molar-refractivity contribution in [3.63, 3.8) is 0 Å². The number of nitrogens with one attached hydrogen (secondary N) is 1. The highest BCUT2D eigenvalue weighted by Gasteiger charge is 2.22. The fourth-order valence-corrected chi connectivity index (χ4v) is 4.05. The Morgan fingerprint density at radius 1 is 1.07 bits per heavy atom. The molecule has 2 aromatic carbocycles. The van der Waals surface area contributed by atoms with Crippen LogP contribution in [0.4, 0.5) is 10.1 Å². The molecule has 30 heavy (non-hydrogen) atoms. The van der Waals surface area contributed by atoms with Gasteiger partial charge in [-0.3, -0.25) is 4.98 Å². The summed E-state index contributed by atoms with van der Waals surface area (Å²) in [5.41, 5.74) is 6.68. The highest BCUT2D eigenvalue weighted by molar-refractivity contribution is 5.87. The molecule has 3 nitrogen and oxygen atoms in total. The third kappa shape index (κ3) is 3.86. The zero-order valence-corrected chi connectivity index (χ0v) is 17.4. The minimum Gasteiger partial charge on any atom is -0.376 e. The van der Waals surface area contributed by atoms with E-state index in [0.29, 0.717) is 0 Å². The average molecular weight is 400 g/mol. The van der Waals surface area contributed by atoms with E-state index in [1.54, 1.807) is 12.1 Å². The average Bonchev–Trinajstić information content (AvgIpc) is 3.01. The van der Waals surface area contributed by atoms with Gasteiger partial charge in [0, 0.05) is 29.5 Å². The number of aromatic nitrogens is 2. The molecule has 4 heteroatoms. The summed E-state index contributed by atoms with van der Waals surface area (Å²) in [4.78, 5) is 4.82. The van der Waals surface area contributed by atoms with Crippen LogP contribution in [0, 0.1) is 19.7 Å². The van der Waals surface area contributed by atoms with Crippen molar-refractivity contribution in [3.05, 3.63) is 108 Å². The lowest BCUT2D eigenvalue weighted by Crippen LogP contribution is -2.17. The zero-order valence-electron chi connectivity index (χ0n) is 17.4. The maximum atomic E-state index is 13.4. The van der Waals surface area contributed by atoms with Crippen LogP contribution in [0.25, 0.3) is 10.9 Å². The number of rotatable bonds is 7. The molecule has 0 radical (unpaired) electrons. The van der Waals surface area contributed by atoms with Gasteiger partial charge in [0.15, 0.2) is 0 Å². The van der Waals surface area contributed by atoms with E-state index in [2.05, 4.69) is 48.5 Å². The molecular formula is C26H26FN3. The molecule has 1 atom stereocenters. The third-order valence-electron chi connectivity index (χ3n) is 5.68. The normalized spacial score (nSPS) is 12.1. The number of nitrogens with zero attached hydrogens (tertiary/aromatic N) is 2. The smallest absolute Gasteiger partial charge is 0.123 e. The molecule has 0 amide bonds. The van der Waals surface area contributed by atoms with Crippen molar-refractivity contribution >= 4 is 16.6 Å². The molecule has 0 fully saturated rings. The standard InChI is InChI=1S/C26H26FN3/c1-4-16-30-19(3)18(2)23-14-15-28-25(26(23)30)24(17-20-8-6-5-7-9-20)29-22-12-10-21(27)11-13-22/h4-15,24,29H,1,16-17H2,2-3H3. The van der Waals surface area contributed by atoms with Crippen LogP contribution in [0.15, 0.2) is 79.5 Å². The van der Waals surface area contributed by atoms with E-state index in [4.69, 9.17) is 4.98 Å². The maximum Gasteiger partial charge on any atom is 0.123 e. The van der Waals surface area contributed by atoms with Gasteiger partial charge in [0.2, 0.25) is 0 Å². The van der Waals surface area contributed by atoms with E-state index in [-0.39, 0.29) is 11.9 Å². The van der Waals surface area contributed by atoms with Gasteiger partial charge in [-0.25, -0.2) is 4.39 Å². The third-order valence-corrected chi connectivity index (χ3v) is 5.68. The van der Waals surface area contributed by atoms with Crippen LogP contribution in [0.5, 0.6) is 0 Å². The second-order valence-electron chi connectivity index (χ2n) is 7.60. The molecule has 2 aromatic heterocycles. The topological polar surface area (TPSA) is 29.9 Å². The molecule has 4 aromatic rings. The number of allylic oxidation sites excluding steroid dienone is 1. The van der Waals surface area contributed by atoms with E-state index >= 15 is 0 Å². The molecule has 0 saturated heterocycles. The summed E-state index contributed by atoms with van der Waals surface area (Å²) in [5.74, 6) is -0.244. The van der Waals surface area contributed by atoms with Crippen molar-refractivity contribution in [2.75, 3.05) is 5.32 Å². The van der Waals surface area contributed by atoms with Gasteiger partial charge in [-0.1, -0.05) is 36.4 Å². The fraction of sp³-hybridized carbons (Fsp3) is 0.192. The van der Waals surface area contributed by atoms with E-state index in [9.17, 15) is 4.39 Å². The first-order valence-corrected chi connectivity index (χ1v) is 10.2. The Morgan fingerprint density at radius 3 is 2.50 bits per heavy atom. The van der Waals surface area contributed by atoms with Gasteiger partial charge in [0.05, 0.1) is 17.3 Å². The predicted molar refractivity (Wildman–Crippen MR) is 122 cm³/mol. The molecule has 0 spiro atoms. The predicted octanol–water partition coefficient (Wildman–Crippen LogP) is 6.37. The Hall–Kier alpha value is -3.40. The molecule has 2 heterocycles. The summed E-state index contributed by atoms with van der Waals surface area (Å²) in [6.45, 7) is 8.96. The van der Waals surface area contributed by atoms with E-state index in [1.807, 2.05) is 30.5 Å². The number of aryl methyl sites for hydroxylation is 1. The molecule has 152 valence electrons. The maximum absolute atomic E-state index is 13.4. The minimum absolute atomic E-state index is 0.0705. The first-order chi connectivity index (χ1) is 14.6. The largest absolute Gasteiger partial charge is 0.376 e. The minimum atomic E-state index is -0.244. The first-order valence-electron chi connectivity index (χ1n) is 10.2. The van der Waals surface area contributed by atoms with Crippen LogP contribution in [0.1, 0.15) is 28.6 Å². The Labute approximate surface area is 176 Å². The van der Waals surface area contributed by atoms with Gasteiger partial charge in [-0.2, -0.15) is 0 Å². The Bertz CT molecular complexity index is 1160. The van der Waals surface area contributed by atoms with Gasteiger partial charge in [0.25, 0.3) is 0 Å². The van der Waals surface area contributed by atoms with Crippen molar-refractivity contribution < 1.29 is 4.39 Å². The molecule has 0 aliphatic carbocycles. The summed E-state index contributed by atoms with van der Waals surface area (Å²) in [6.07, 6.45) is 4.57. The SMILES string of the molecule is C=CCn1c(C)c(C)c2ccnc(C(Cc3ccccc3)Nc3ccc(F)cc3)c21. The van der Waals surface area contributed by atoms with Gasteiger partial charge in [-0.15, -0.1) is 6.58 Å². The number of anilines is 1. The van der Waals surface area contributed by atoms with Crippen LogP contribution < -0.4 is 5.32 Å². The Morgan fingerprint density at radius 2 is 1.80 bits per heavy atom. The van der Waals surface area contributed by atoms with Crippen molar-refractivity contribution in [3.8, 4) is 0 Å². The first kappa shape index (κ1) is 19.9. The van der Waals surface area contributed by atoms with E-state index in [1.165, 1.54) is 34.3 Å². The highest BCUT2D eigenvalue weighted by Crippen LogP contribution is 2.32. The number of halogens is 1. The summed E-state index contributed by atoms with van der Waals surface area (Å²) < 4.78 is 15.7. The van der Waals surface area contributed by atoms with Crippen LogP contribution >= 0.6 is 0 Å². The summed E-state index contributed by atoms with van der Waals surface area (Å²) >= 11 is 0. The molecule has 0 aliphatic heterocycles. The zero-order chi connectivity index (χ0) is 21.1. The Balaban J connectivity index is 1.85. The number of hydrogen-bond donors (Lipinski definition) is 1. The van der Waals surface area contributed by atoms with Crippen LogP contribution in [-0.2, 0) is 13.0 Å². The second kappa shape index (κ2) is 8.54. The monoisotopic (exact) mass is 399 g/mol. The lowest BCUT2D eigenvalue weighted by molar-refractivity contribution is 0.627. The fourth-order valence-electron chi connectivity index (χ4n) is 4.05. The molecule has 1 N–H and O–H groups in total. The molecule has 0 saturated carbocycles. The van der Waals surface area contributed by atoms with E-state index < -0.39 is 0 Å². The molecule has 0 bridgehead atoms. The van der Waals surface area contributed by atoms with E-state index in [0.717, 1.165) is 29.9 Å². The van der Waals surface area contributed by atoms with Gasteiger partial charge in [-0.05, 0) is 61.7 Å². The lowest BCUT2D eigenvalue weighted by atomic mass is 10.0. The highest BCUT2D eigenvalue weighted by atomic mass is 19.1. The van der Waals surface area contributed by atoms with Crippen molar-refractivity contribution in [1.82, 2.24) is 9.55 Å². The van der Waals surface area contributed by atoms with Crippen LogP contribution in [-0.4, -0.2) is 9.55 Å². The van der Waals surface area contributed by atoms with Crippen molar-refractivity contribution in [1.29, 1.82) is 0 Å². The summed E-state index contributed by atoms with van der Waals surface area (Å²) in [5, 5.41) is 4.80. The van der Waals surface area contributed by atoms with Gasteiger partial charge in [0.1, 0.15) is 5.82 Å². The molecule has 4 rings (SSSR count). The van der Waals surface area contributed by atoms with Crippen molar-refractivity contribution in [2.45, 2.75) is 32.9 Å². The summed E-state index contributed by atoms with van der Waals surface area (Å²) in [7, 11) is 0. The van der Waals surface area contributed by atoms with Gasteiger partial charge >= 0.3 is 0 Å². The quantitative estimate of drug-likeness (QED) is 0.366. The number of pyridine rings is 1. The Kier molecular flexibility index (Phi) is 5.66. The molecular weight excluding hydrogens is 373 g/mol. The van der Waals surface area contributed by atoms with Crippen LogP contribution in [0.2, 0.25) is 0 Å². The van der Waals surface area contributed by atoms with Crippen molar-refractivity contribution in [2.24, 2.45) is 0 Å². The summed E-state index contributed by atoms with van der Waals surface area (Å²) in [6, 6.07) is 18.9. The number of fused-ring (bicyclic) bond motifs is 1. The van der Waals surface area contributed by atoms with Crippen LogP contribution in [0.3, 0.4) is 0 Å². The molecule has 0 aliphatic rings. The second-order valence-corrected chi connectivity index (χ2v) is 7.60. The van der Waals surface area contributed by atoms with Gasteiger partial charge < -0.3 is 9.88 Å². The number of benzene rings is 2. The lowest BCUT2D eigenvalue weighted by Gasteiger charge is -2.22. The molecule has 1 unspecified atom stereocenters.